The van der Waals surface area contributed by atoms with E-state index in [2.05, 4.69) is 22.2 Å². The molecule has 0 N–H and O–H groups in total. The minimum atomic E-state index is 0.349. The van der Waals surface area contributed by atoms with Crippen LogP contribution in [-0.4, -0.2) is 49.4 Å². The lowest BCUT2D eigenvalue weighted by Crippen LogP contribution is -2.43. The van der Waals surface area contributed by atoms with Gasteiger partial charge in [0.2, 0.25) is 0 Å². The van der Waals surface area contributed by atoms with Crippen molar-refractivity contribution in [1.29, 1.82) is 0 Å². The molecule has 5 heteroatoms. The fourth-order valence-electron chi connectivity index (χ4n) is 2.92. The van der Waals surface area contributed by atoms with Crippen molar-refractivity contribution >= 4 is 11.3 Å². The lowest BCUT2D eigenvalue weighted by Gasteiger charge is -2.37. The summed E-state index contributed by atoms with van der Waals surface area (Å²) < 4.78 is 11.1. The summed E-state index contributed by atoms with van der Waals surface area (Å²) in [7, 11) is 0. The molecular formula is C14H22N2O2S. The fraction of sp³-hybridized carbons (Fsp3) is 0.786. The smallest absolute Gasteiger partial charge is 0.0898 e. The topological polar surface area (TPSA) is 34.6 Å². The molecule has 2 aliphatic heterocycles. The van der Waals surface area contributed by atoms with Gasteiger partial charge < -0.3 is 9.47 Å². The number of rotatable bonds is 3. The quantitative estimate of drug-likeness (QED) is 0.851. The second-order valence-corrected chi connectivity index (χ2v) is 6.50. The van der Waals surface area contributed by atoms with Crippen LogP contribution in [0.5, 0.6) is 0 Å². The summed E-state index contributed by atoms with van der Waals surface area (Å²) in [6, 6.07) is 0.349. The van der Waals surface area contributed by atoms with Crippen molar-refractivity contribution in [2.75, 3.05) is 39.5 Å². The monoisotopic (exact) mass is 282 g/mol. The van der Waals surface area contributed by atoms with Crippen molar-refractivity contribution in [3.05, 3.63) is 16.1 Å². The Morgan fingerprint density at radius 2 is 2.16 bits per heavy atom. The summed E-state index contributed by atoms with van der Waals surface area (Å²) >= 11 is 1.73. The molecule has 2 fully saturated rings. The first-order valence-electron chi connectivity index (χ1n) is 7.14. The third kappa shape index (κ3) is 3.34. The number of hydrogen-bond donors (Lipinski definition) is 0. The predicted molar refractivity (Wildman–Crippen MR) is 75.5 cm³/mol. The molecule has 1 aromatic rings. The summed E-state index contributed by atoms with van der Waals surface area (Å²) in [6.45, 7) is 7.74. The van der Waals surface area contributed by atoms with Gasteiger partial charge in [-0.1, -0.05) is 0 Å². The lowest BCUT2D eigenvalue weighted by atomic mass is 9.98. The molecule has 0 amide bonds. The molecule has 1 atom stereocenters. The van der Waals surface area contributed by atoms with Gasteiger partial charge in [0, 0.05) is 31.7 Å². The number of ether oxygens (including phenoxy) is 2. The van der Waals surface area contributed by atoms with Crippen molar-refractivity contribution in [3.8, 4) is 0 Å². The molecule has 0 radical (unpaired) electrons. The molecule has 19 heavy (non-hydrogen) atoms. The van der Waals surface area contributed by atoms with Crippen LogP contribution in [0.4, 0.5) is 0 Å². The second-order valence-electron chi connectivity index (χ2n) is 5.43. The maximum atomic E-state index is 5.66. The zero-order valence-electron chi connectivity index (χ0n) is 11.5. The predicted octanol–water partition coefficient (Wildman–Crippen LogP) is 2.25. The van der Waals surface area contributed by atoms with Crippen molar-refractivity contribution in [2.24, 2.45) is 5.92 Å². The average Bonchev–Trinajstić information content (AvgIpc) is 2.87. The first kappa shape index (κ1) is 13.5. The maximum Gasteiger partial charge on any atom is 0.0898 e. The molecule has 4 nitrogen and oxygen atoms in total. The van der Waals surface area contributed by atoms with Gasteiger partial charge in [0.1, 0.15) is 0 Å². The molecule has 0 aliphatic carbocycles. The van der Waals surface area contributed by atoms with Crippen LogP contribution in [0.3, 0.4) is 0 Å². The minimum absolute atomic E-state index is 0.349. The van der Waals surface area contributed by atoms with Gasteiger partial charge in [-0.3, -0.25) is 4.90 Å². The average molecular weight is 282 g/mol. The highest BCUT2D eigenvalue weighted by Crippen LogP contribution is 2.28. The van der Waals surface area contributed by atoms with E-state index < -0.39 is 0 Å². The first-order chi connectivity index (χ1) is 9.33. The molecule has 1 unspecified atom stereocenters. The van der Waals surface area contributed by atoms with Crippen LogP contribution in [-0.2, 0) is 9.47 Å². The van der Waals surface area contributed by atoms with E-state index in [0.29, 0.717) is 6.04 Å². The van der Waals surface area contributed by atoms with Gasteiger partial charge in [0.15, 0.2) is 0 Å². The number of nitrogens with zero attached hydrogens (tertiary/aromatic N) is 2. The third-order valence-corrected chi connectivity index (χ3v) is 4.84. The highest BCUT2D eigenvalue weighted by molar-refractivity contribution is 7.09. The van der Waals surface area contributed by atoms with Crippen molar-refractivity contribution < 1.29 is 9.47 Å². The summed E-state index contributed by atoms with van der Waals surface area (Å²) in [5.41, 5.74) is 1.19. The van der Waals surface area contributed by atoms with Gasteiger partial charge in [-0.25, -0.2) is 4.98 Å². The molecule has 2 saturated heterocycles. The van der Waals surface area contributed by atoms with Crippen molar-refractivity contribution in [3.63, 3.8) is 0 Å². The van der Waals surface area contributed by atoms with E-state index in [4.69, 9.17) is 9.47 Å². The standard InChI is InChI=1S/C14H22N2O2S/c1-11-15-13(10-19-11)14-9-18-7-4-16(14)8-12-2-5-17-6-3-12/h10,12,14H,2-9H2,1H3. The van der Waals surface area contributed by atoms with Crippen LogP contribution < -0.4 is 0 Å². The highest BCUT2D eigenvalue weighted by Gasteiger charge is 2.28. The Bertz CT molecular complexity index is 404. The Morgan fingerprint density at radius 3 is 2.89 bits per heavy atom. The zero-order valence-corrected chi connectivity index (χ0v) is 12.3. The molecule has 106 valence electrons. The van der Waals surface area contributed by atoms with Crippen molar-refractivity contribution in [1.82, 2.24) is 9.88 Å². The Hall–Kier alpha value is -0.490. The molecule has 3 rings (SSSR count). The Kier molecular flexibility index (Phi) is 4.48. The minimum Gasteiger partial charge on any atom is -0.381 e. The SMILES string of the molecule is Cc1nc(C2COCCN2CC2CCOCC2)cs1. The molecular weight excluding hydrogens is 260 g/mol. The van der Waals surface area contributed by atoms with Gasteiger partial charge in [0.25, 0.3) is 0 Å². The maximum absolute atomic E-state index is 5.66. The molecule has 0 saturated carbocycles. The van der Waals surface area contributed by atoms with E-state index in [0.717, 1.165) is 50.4 Å². The molecule has 0 aromatic carbocycles. The van der Waals surface area contributed by atoms with Crippen LogP contribution in [0.1, 0.15) is 29.6 Å². The summed E-state index contributed by atoms with van der Waals surface area (Å²) in [4.78, 5) is 7.21. The van der Waals surface area contributed by atoms with Crippen LogP contribution in [0, 0.1) is 12.8 Å². The van der Waals surface area contributed by atoms with Crippen LogP contribution in [0.25, 0.3) is 0 Å². The van der Waals surface area contributed by atoms with Gasteiger partial charge in [0.05, 0.1) is 30.0 Å². The van der Waals surface area contributed by atoms with Crippen molar-refractivity contribution in [2.45, 2.75) is 25.8 Å². The zero-order chi connectivity index (χ0) is 13.1. The lowest BCUT2D eigenvalue weighted by molar-refractivity contribution is -0.0279. The van der Waals surface area contributed by atoms with E-state index >= 15 is 0 Å². The van der Waals surface area contributed by atoms with E-state index in [1.807, 2.05) is 0 Å². The van der Waals surface area contributed by atoms with Gasteiger partial charge >= 0.3 is 0 Å². The van der Waals surface area contributed by atoms with Crippen LogP contribution in [0.2, 0.25) is 0 Å². The second kappa shape index (κ2) is 6.31. The molecule has 0 spiro atoms. The Labute approximate surface area is 118 Å². The van der Waals surface area contributed by atoms with Gasteiger partial charge in [-0.2, -0.15) is 0 Å². The fourth-order valence-corrected chi connectivity index (χ4v) is 3.58. The first-order valence-corrected chi connectivity index (χ1v) is 8.02. The number of hydrogen-bond acceptors (Lipinski definition) is 5. The van der Waals surface area contributed by atoms with E-state index in [1.54, 1.807) is 11.3 Å². The number of aryl methyl sites for hydroxylation is 1. The summed E-state index contributed by atoms with van der Waals surface area (Å²) in [6.07, 6.45) is 2.39. The Balaban J connectivity index is 1.66. The largest absolute Gasteiger partial charge is 0.381 e. The molecule has 3 heterocycles. The summed E-state index contributed by atoms with van der Waals surface area (Å²) in [5, 5.41) is 3.33. The highest BCUT2D eigenvalue weighted by atomic mass is 32.1. The third-order valence-electron chi connectivity index (χ3n) is 4.05. The number of morpholine rings is 1. The summed E-state index contributed by atoms with van der Waals surface area (Å²) in [5.74, 6) is 0.772. The molecule has 0 bridgehead atoms. The van der Waals surface area contributed by atoms with E-state index in [1.165, 1.54) is 18.5 Å². The van der Waals surface area contributed by atoms with Crippen LogP contribution >= 0.6 is 11.3 Å². The van der Waals surface area contributed by atoms with Gasteiger partial charge in [-0.05, 0) is 25.7 Å². The van der Waals surface area contributed by atoms with E-state index in [-0.39, 0.29) is 0 Å². The number of aromatic nitrogens is 1. The number of thiazole rings is 1. The normalized spacial score (nSPS) is 26.7. The van der Waals surface area contributed by atoms with Crippen LogP contribution in [0.15, 0.2) is 5.38 Å². The van der Waals surface area contributed by atoms with E-state index in [9.17, 15) is 0 Å². The Morgan fingerprint density at radius 1 is 1.32 bits per heavy atom. The van der Waals surface area contributed by atoms with Gasteiger partial charge in [-0.15, -0.1) is 11.3 Å². The molecule has 1 aromatic heterocycles. The molecule has 2 aliphatic rings.